The van der Waals surface area contributed by atoms with Crippen LogP contribution in [0.4, 0.5) is 4.79 Å². The number of nitrogens with zero attached hydrogens (tertiary/aromatic N) is 1. The van der Waals surface area contributed by atoms with Crippen LogP contribution in [-0.2, 0) is 25.5 Å². The van der Waals surface area contributed by atoms with Crippen LogP contribution in [0.25, 0.3) is 10.8 Å². The van der Waals surface area contributed by atoms with Gasteiger partial charge < -0.3 is 9.47 Å². The zero-order chi connectivity index (χ0) is 22.8. The monoisotopic (exact) mass is 425 g/mol. The minimum Gasteiger partial charge on any atom is -0.460 e. The lowest BCUT2D eigenvalue weighted by molar-refractivity contribution is -0.158. The van der Waals surface area contributed by atoms with Gasteiger partial charge in [0.2, 0.25) is 5.91 Å². The Labute approximate surface area is 183 Å². The van der Waals surface area contributed by atoms with E-state index in [0.717, 1.165) is 16.3 Å². The van der Waals surface area contributed by atoms with Crippen molar-refractivity contribution in [1.82, 2.24) is 4.90 Å². The van der Waals surface area contributed by atoms with Gasteiger partial charge in [0, 0.05) is 0 Å². The minimum absolute atomic E-state index is 0.0510. The molecule has 0 aliphatic carbocycles. The lowest BCUT2D eigenvalue weighted by Gasteiger charge is -2.27. The Morgan fingerprint density at radius 2 is 1.81 bits per heavy atom. The molecule has 6 heteroatoms. The number of carbonyl (C=O) groups is 3. The van der Waals surface area contributed by atoms with Gasteiger partial charge in [0.15, 0.2) is 0 Å². The van der Waals surface area contributed by atoms with E-state index < -0.39 is 23.6 Å². The molecule has 0 aromatic heterocycles. The number of ether oxygens (including phenoxy) is 2. The van der Waals surface area contributed by atoms with Crippen molar-refractivity contribution < 1.29 is 23.9 Å². The molecule has 2 amide bonds. The van der Waals surface area contributed by atoms with Crippen molar-refractivity contribution in [2.45, 2.75) is 59.1 Å². The third-order valence-corrected chi connectivity index (χ3v) is 5.44. The number of fused-ring (bicyclic) bond motifs is 1. The first kappa shape index (κ1) is 22.8. The summed E-state index contributed by atoms with van der Waals surface area (Å²) < 4.78 is 10.6. The molecule has 1 aliphatic heterocycles. The van der Waals surface area contributed by atoms with E-state index >= 15 is 0 Å². The number of benzene rings is 2. The van der Waals surface area contributed by atoms with Gasteiger partial charge in [-0.2, -0.15) is 0 Å². The van der Waals surface area contributed by atoms with Crippen molar-refractivity contribution in [3.05, 3.63) is 48.0 Å². The van der Waals surface area contributed by atoms with Gasteiger partial charge in [0.25, 0.3) is 0 Å². The van der Waals surface area contributed by atoms with Crippen LogP contribution in [0.2, 0.25) is 0 Å². The fourth-order valence-corrected chi connectivity index (χ4v) is 3.94. The number of esters is 1. The highest BCUT2D eigenvalue weighted by atomic mass is 16.6. The predicted octanol–water partition coefficient (Wildman–Crippen LogP) is 4.73. The summed E-state index contributed by atoms with van der Waals surface area (Å²) >= 11 is 0. The Kier molecular flexibility index (Phi) is 6.68. The molecule has 1 aliphatic rings. The van der Waals surface area contributed by atoms with Gasteiger partial charge in [-0.3, -0.25) is 9.59 Å². The molecule has 2 aromatic rings. The summed E-state index contributed by atoms with van der Waals surface area (Å²) in [6, 6.07) is 13.5. The smallest absolute Gasteiger partial charge is 0.416 e. The molecule has 0 spiro atoms. The highest BCUT2D eigenvalue weighted by molar-refractivity contribution is 5.97. The second-order valence-corrected chi connectivity index (χ2v) is 9.43. The van der Waals surface area contributed by atoms with Crippen LogP contribution >= 0.6 is 0 Å². The Morgan fingerprint density at radius 3 is 2.48 bits per heavy atom. The zero-order valence-corrected chi connectivity index (χ0v) is 18.9. The van der Waals surface area contributed by atoms with Crippen LogP contribution in [-0.4, -0.2) is 41.1 Å². The number of imide groups is 1. The van der Waals surface area contributed by atoms with E-state index in [1.54, 1.807) is 20.8 Å². The standard InChI is InChI=1S/C25H31NO5/c1-16(2)21-15-30-24(29)26(21)23(28)19(14-22(27)31-25(3,4)5)13-18-11-8-10-17-9-6-7-12-20(17)18/h6-12,16,19,21H,13-15H2,1-5H3/t19-,21-/m1/s1. The molecule has 1 saturated heterocycles. The summed E-state index contributed by atoms with van der Waals surface area (Å²) in [6.07, 6.45) is -0.419. The van der Waals surface area contributed by atoms with E-state index in [4.69, 9.17) is 9.47 Å². The Bertz CT molecular complexity index is 970. The van der Waals surface area contributed by atoms with Crippen molar-refractivity contribution >= 4 is 28.7 Å². The van der Waals surface area contributed by atoms with Crippen molar-refractivity contribution in [2.24, 2.45) is 11.8 Å². The molecule has 0 bridgehead atoms. The summed E-state index contributed by atoms with van der Waals surface area (Å²) in [4.78, 5) is 39.7. The van der Waals surface area contributed by atoms with E-state index in [-0.39, 0.29) is 30.9 Å². The average Bonchev–Trinajstić information content (AvgIpc) is 3.07. The lowest BCUT2D eigenvalue weighted by Crippen LogP contribution is -2.46. The molecule has 31 heavy (non-hydrogen) atoms. The number of cyclic esters (lactones) is 1. The van der Waals surface area contributed by atoms with Crippen LogP contribution in [0.5, 0.6) is 0 Å². The number of hydrogen-bond donors (Lipinski definition) is 0. The fourth-order valence-electron chi connectivity index (χ4n) is 3.94. The van der Waals surface area contributed by atoms with Crippen LogP contribution in [0, 0.1) is 11.8 Å². The highest BCUT2D eigenvalue weighted by Gasteiger charge is 2.43. The first-order chi connectivity index (χ1) is 14.6. The summed E-state index contributed by atoms with van der Waals surface area (Å²) in [5, 5.41) is 2.08. The largest absolute Gasteiger partial charge is 0.460 e. The fraction of sp³-hybridized carbons (Fsp3) is 0.480. The van der Waals surface area contributed by atoms with Crippen LogP contribution in [0.3, 0.4) is 0 Å². The molecule has 0 unspecified atom stereocenters. The van der Waals surface area contributed by atoms with Gasteiger partial charge in [0.05, 0.1) is 18.4 Å². The maximum Gasteiger partial charge on any atom is 0.416 e. The quantitative estimate of drug-likeness (QED) is 0.626. The third-order valence-electron chi connectivity index (χ3n) is 5.44. The van der Waals surface area contributed by atoms with Crippen molar-refractivity contribution in [1.29, 1.82) is 0 Å². The van der Waals surface area contributed by atoms with Crippen LogP contribution in [0.15, 0.2) is 42.5 Å². The SMILES string of the molecule is CC(C)[C@H]1COC(=O)N1C(=O)[C@@H](CC(=O)OC(C)(C)C)Cc1cccc2ccccc12. The normalized spacial score (nSPS) is 17.7. The van der Waals surface area contributed by atoms with E-state index in [9.17, 15) is 14.4 Å². The van der Waals surface area contributed by atoms with Gasteiger partial charge in [0.1, 0.15) is 12.2 Å². The first-order valence-electron chi connectivity index (χ1n) is 10.7. The topological polar surface area (TPSA) is 72.9 Å². The molecule has 1 heterocycles. The zero-order valence-electron chi connectivity index (χ0n) is 18.9. The predicted molar refractivity (Wildman–Crippen MR) is 118 cm³/mol. The van der Waals surface area contributed by atoms with Gasteiger partial charge in [-0.1, -0.05) is 56.3 Å². The molecule has 0 N–H and O–H groups in total. The van der Waals surface area contributed by atoms with Gasteiger partial charge in [-0.05, 0) is 49.4 Å². The Balaban J connectivity index is 1.93. The molecule has 1 fully saturated rings. The van der Waals surface area contributed by atoms with Gasteiger partial charge in [-0.25, -0.2) is 9.69 Å². The number of carbonyl (C=O) groups excluding carboxylic acids is 3. The molecule has 6 nitrogen and oxygen atoms in total. The lowest BCUT2D eigenvalue weighted by atomic mass is 9.90. The van der Waals surface area contributed by atoms with E-state index in [2.05, 4.69) is 0 Å². The summed E-state index contributed by atoms with van der Waals surface area (Å²) in [6.45, 7) is 9.44. The molecular formula is C25H31NO5. The van der Waals surface area contributed by atoms with E-state index in [1.807, 2.05) is 56.3 Å². The maximum absolute atomic E-state index is 13.5. The maximum atomic E-state index is 13.5. The van der Waals surface area contributed by atoms with E-state index in [0.29, 0.717) is 6.42 Å². The minimum atomic E-state index is -0.729. The number of amides is 2. The van der Waals surface area contributed by atoms with Gasteiger partial charge >= 0.3 is 12.1 Å². The summed E-state index contributed by atoms with van der Waals surface area (Å²) in [7, 11) is 0. The molecular weight excluding hydrogens is 394 g/mol. The summed E-state index contributed by atoms with van der Waals surface area (Å²) in [5.74, 6) is -1.53. The molecule has 2 atom stereocenters. The van der Waals surface area contributed by atoms with Crippen LogP contribution in [0.1, 0.15) is 46.6 Å². The molecule has 0 radical (unpaired) electrons. The van der Waals surface area contributed by atoms with Crippen LogP contribution < -0.4 is 0 Å². The van der Waals surface area contributed by atoms with Crippen molar-refractivity contribution in [3.8, 4) is 0 Å². The number of rotatable bonds is 6. The molecule has 2 aromatic carbocycles. The van der Waals surface area contributed by atoms with E-state index in [1.165, 1.54) is 4.90 Å². The number of hydrogen-bond acceptors (Lipinski definition) is 5. The third kappa shape index (κ3) is 5.43. The Morgan fingerprint density at radius 1 is 1.13 bits per heavy atom. The van der Waals surface area contributed by atoms with Crippen molar-refractivity contribution in [3.63, 3.8) is 0 Å². The molecule has 166 valence electrons. The Hall–Kier alpha value is -2.89. The summed E-state index contributed by atoms with van der Waals surface area (Å²) in [5.41, 5.74) is 0.297. The average molecular weight is 426 g/mol. The molecule has 3 rings (SSSR count). The second-order valence-electron chi connectivity index (χ2n) is 9.43. The van der Waals surface area contributed by atoms with Gasteiger partial charge in [-0.15, -0.1) is 0 Å². The second kappa shape index (κ2) is 9.08. The highest BCUT2D eigenvalue weighted by Crippen LogP contribution is 2.28. The van der Waals surface area contributed by atoms with Crippen molar-refractivity contribution in [2.75, 3.05) is 6.61 Å². The molecule has 0 saturated carbocycles. The first-order valence-corrected chi connectivity index (χ1v) is 10.7.